The van der Waals surface area contributed by atoms with Crippen molar-refractivity contribution in [3.8, 4) is 0 Å². The lowest BCUT2D eigenvalue weighted by Crippen LogP contribution is -2.54. The number of nitrogens with two attached hydrogens (primary N) is 1. The van der Waals surface area contributed by atoms with Crippen LogP contribution >= 0.6 is 0 Å². The van der Waals surface area contributed by atoms with Gasteiger partial charge in [0.25, 0.3) is 0 Å². The summed E-state index contributed by atoms with van der Waals surface area (Å²) in [6.45, 7) is 10.2. The average Bonchev–Trinajstić information content (AvgIpc) is 2.39. The first kappa shape index (κ1) is 15.1. The molecule has 0 aliphatic heterocycles. The molecule has 0 aliphatic rings. The maximum absolute atomic E-state index is 14.0. The standard InChI is InChI=1S/C15H25FN2/c1-5-15(17,12(4)18(6-2)7-3)13-10-8-9-11-14(13)16/h8-12H,5-7,17H2,1-4H3. The van der Waals surface area contributed by atoms with Crippen LogP contribution in [0.5, 0.6) is 0 Å². The minimum absolute atomic E-state index is 0.106. The molecule has 1 rings (SSSR count). The van der Waals surface area contributed by atoms with Crippen LogP contribution < -0.4 is 5.73 Å². The van der Waals surface area contributed by atoms with Crippen LogP contribution in [0.15, 0.2) is 24.3 Å². The minimum Gasteiger partial charge on any atom is -0.320 e. The number of rotatable bonds is 6. The van der Waals surface area contributed by atoms with Gasteiger partial charge in [-0.25, -0.2) is 4.39 Å². The largest absolute Gasteiger partial charge is 0.320 e. The van der Waals surface area contributed by atoms with Crippen LogP contribution in [0.4, 0.5) is 4.39 Å². The predicted octanol–water partition coefficient (Wildman–Crippen LogP) is 3.12. The van der Waals surface area contributed by atoms with Gasteiger partial charge < -0.3 is 5.73 Å². The minimum atomic E-state index is -0.642. The van der Waals surface area contributed by atoms with Crippen molar-refractivity contribution in [1.29, 1.82) is 0 Å². The van der Waals surface area contributed by atoms with E-state index in [0.717, 1.165) is 13.1 Å². The molecule has 1 aromatic rings. The molecule has 0 heterocycles. The van der Waals surface area contributed by atoms with E-state index < -0.39 is 5.54 Å². The van der Waals surface area contributed by atoms with Crippen molar-refractivity contribution < 1.29 is 4.39 Å². The lowest BCUT2D eigenvalue weighted by atomic mass is 9.81. The molecule has 0 spiro atoms. The zero-order chi connectivity index (χ0) is 13.8. The summed E-state index contributed by atoms with van der Waals surface area (Å²) >= 11 is 0. The Labute approximate surface area is 110 Å². The van der Waals surface area contributed by atoms with Crippen molar-refractivity contribution >= 4 is 0 Å². The lowest BCUT2D eigenvalue weighted by molar-refractivity contribution is 0.137. The van der Waals surface area contributed by atoms with E-state index in [4.69, 9.17) is 5.73 Å². The summed E-state index contributed by atoms with van der Waals surface area (Å²) in [7, 11) is 0. The Morgan fingerprint density at radius 2 is 1.78 bits per heavy atom. The summed E-state index contributed by atoms with van der Waals surface area (Å²) in [5, 5.41) is 0. The third-order valence-corrected chi connectivity index (χ3v) is 4.07. The summed E-state index contributed by atoms with van der Waals surface area (Å²) < 4.78 is 14.0. The van der Waals surface area contributed by atoms with Crippen LogP contribution in [0.1, 0.15) is 39.7 Å². The Morgan fingerprint density at radius 1 is 1.22 bits per heavy atom. The second-order valence-corrected chi connectivity index (χ2v) is 4.77. The van der Waals surface area contributed by atoms with Gasteiger partial charge in [-0.15, -0.1) is 0 Å². The van der Waals surface area contributed by atoms with E-state index in [1.165, 1.54) is 6.07 Å². The highest BCUT2D eigenvalue weighted by Crippen LogP contribution is 2.30. The summed E-state index contributed by atoms with van der Waals surface area (Å²) in [6, 6.07) is 6.96. The van der Waals surface area contributed by atoms with Gasteiger partial charge in [-0.3, -0.25) is 4.90 Å². The number of nitrogens with zero attached hydrogens (tertiary/aromatic N) is 1. The Kier molecular flexibility index (Phi) is 5.29. The first-order chi connectivity index (χ1) is 8.51. The fourth-order valence-electron chi connectivity index (χ4n) is 2.65. The predicted molar refractivity (Wildman–Crippen MR) is 74.9 cm³/mol. The molecule has 1 aromatic carbocycles. The van der Waals surface area contributed by atoms with E-state index in [1.807, 2.05) is 13.0 Å². The van der Waals surface area contributed by atoms with Gasteiger partial charge in [-0.05, 0) is 32.5 Å². The number of hydrogen-bond donors (Lipinski definition) is 1. The molecular weight excluding hydrogens is 227 g/mol. The summed E-state index contributed by atoms with van der Waals surface area (Å²) in [5.74, 6) is -0.208. The maximum Gasteiger partial charge on any atom is 0.128 e. The van der Waals surface area contributed by atoms with Crippen molar-refractivity contribution in [3.05, 3.63) is 35.6 Å². The van der Waals surface area contributed by atoms with Crippen molar-refractivity contribution in [2.45, 2.75) is 45.7 Å². The lowest BCUT2D eigenvalue weighted by Gasteiger charge is -2.41. The molecule has 2 nitrogen and oxygen atoms in total. The Morgan fingerprint density at radius 3 is 2.22 bits per heavy atom. The zero-order valence-electron chi connectivity index (χ0n) is 11.9. The third-order valence-electron chi connectivity index (χ3n) is 4.07. The van der Waals surface area contributed by atoms with E-state index in [9.17, 15) is 4.39 Å². The Balaban J connectivity index is 3.16. The molecule has 102 valence electrons. The average molecular weight is 252 g/mol. The molecule has 0 bridgehead atoms. The second-order valence-electron chi connectivity index (χ2n) is 4.77. The maximum atomic E-state index is 14.0. The highest BCUT2D eigenvalue weighted by molar-refractivity contribution is 5.27. The zero-order valence-corrected chi connectivity index (χ0v) is 11.9. The van der Waals surface area contributed by atoms with E-state index in [-0.39, 0.29) is 11.9 Å². The molecular formula is C15H25FN2. The number of likely N-dealkylation sites (N-methyl/N-ethyl adjacent to an activating group) is 1. The fourth-order valence-corrected chi connectivity index (χ4v) is 2.65. The van der Waals surface area contributed by atoms with E-state index >= 15 is 0 Å². The van der Waals surface area contributed by atoms with Crippen LogP contribution in [0, 0.1) is 5.82 Å². The first-order valence-corrected chi connectivity index (χ1v) is 6.79. The smallest absolute Gasteiger partial charge is 0.128 e. The van der Waals surface area contributed by atoms with Crippen LogP contribution in [0.2, 0.25) is 0 Å². The molecule has 0 aliphatic carbocycles. The monoisotopic (exact) mass is 252 g/mol. The molecule has 0 radical (unpaired) electrons. The van der Waals surface area contributed by atoms with Gasteiger partial charge >= 0.3 is 0 Å². The quantitative estimate of drug-likeness (QED) is 0.843. The Bertz CT molecular complexity index is 377. The number of halogens is 1. The van der Waals surface area contributed by atoms with Crippen LogP contribution in [-0.2, 0) is 5.54 Å². The van der Waals surface area contributed by atoms with Crippen molar-refractivity contribution in [2.24, 2.45) is 5.73 Å². The van der Waals surface area contributed by atoms with E-state index in [2.05, 4.69) is 25.7 Å². The second kappa shape index (κ2) is 6.30. The molecule has 0 saturated carbocycles. The van der Waals surface area contributed by atoms with Gasteiger partial charge in [0.2, 0.25) is 0 Å². The SMILES string of the molecule is CCN(CC)C(C)C(N)(CC)c1ccccc1F. The molecule has 2 unspecified atom stereocenters. The third kappa shape index (κ3) is 2.73. The molecule has 18 heavy (non-hydrogen) atoms. The first-order valence-electron chi connectivity index (χ1n) is 6.79. The normalized spacial score (nSPS) is 16.6. The summed E-state index contributed by atoms with van der Waals surface area (Å²) in [4.78, 5) is 2.27. The molecule has 0 aromatic heterocycles. The topological polar surface area (TPSA) is 29.3 Å². The summed E-state index contributed by atoms with van der Waals surface area (Å²) in [5.41, 5.74) is 6.51. The fraction of sp³-hybridized carbons (Fsp3) is 0.600. The number of hydrogen-bond acceptors (Lipinski definition) is 2. The van der Waals surface area contributed by atoms with Gasteiger partial charge in [0.05, 0.1) is 5.54 Å². The van der Waals surface area contributed by atoms with Crippen molar-refractivity contribution in [3.63, 3.8) is 0 Å². The van der Waals surface area contributed by atoms with Gasteiger partial charge in [0.15, 0.2) is 0 Å². The van der Waals surface area contributed by atoms with Crippen molar-refractivity contribution in [1.82, 2.24) is 4.90 Å². The van der Waals surface area contributed by atoms with Crippen molar-refractivity contribution in [2.75, 3.05) is 13.1 Å². The van der Waals surface area contributed by atoms with Crippen LogP contribution in [0.3, 0.4) is 0 Å². The Hall–Kier alpha value is -0.930. The molecule has 2 atom stereocenters. The highest BCUT2D eigenvalue weighted by atomic mass is 19.1. The summed E-state index contributed by atoms with van der Waals surface area (Å²) in [6.07, 6.45) is 0.714. The van der Waals surface area contributed by atoms with E-state index in [0.29, 0.717) is 12.0 Å². The molecule has 0 fully saturated rings. The van der Waals surface area contributed by atoms with Crippen LogP contribution in [-0.4, -0.2) is 24.0 Å². The van der Waals surface area contributed by atoms with Gasteiger partial charge in [0.1, 0.15) is 5.82 Å². The molecule has 2 N–H and O–H groups in total. The van der Waals surface area contributed by atoms with Crippen LogP contribution in [0.25, 0.3) is 0 Å². The molecule has 0 saturated heterocycles. The van der Waals surface area contributed by atoms with Gasteiger partial charge in [0, 0.05) is 11.6 Å². The van der Waals surface area contributed by atoms with E-state index in [1.54, 1.807) is 12.1 Å². The van der Waals surface area contributed by atoms with Gasteiger partial charge in [-0.1, -0.05) is 39.0 Å². The molecule has 3 heteroatoms. The number of benzene rings is 1. The molecule has 0 amide bonds. The van der Waals surface area contributed by atoms with Gasteiger partial charge in [-0.2, -0.15) is 0 Å². The highest BCUT2D eigenvalue weighted by Gasteiger charge is 2.36.